The fourth-order valence-electron chi connectivity index (χ4n) is 1.87. The van der Waals surface area contributed by atoms with E-state index in [9.17, 15) is 0 Å². The van der Waals surface area contributed by atoms with E-state index in [-0.39, 0.29) is 0 Å². The number of hydrogen-bond donors (Lipinski definition) is 0. The van der Waals surface area contributed by atoms with Crippen LogP contribution in [0.15, 0.2) is 36.8 Å². The molecule has 0 spiro atoms. The minimum absolute atomic E-state index is 0.656. The van der Waals surface area contributed by atoms with Gasteiger partial charge in [0.25, 0.3) is 0 Å². The number of nitrogens with zero attached hydrogens (tertiary/aromatic N) is 2. The van der Waals surface area contributed by atoms with Crippen molar-refractivity contribution >= 4 is 0 Å². The maximum absolute atomic E-state index is 4.32. The van der Waals surface area contributed by atoms with Crippen molar-refractivity contribution in [3.8, 4) is 11.1 Å². The van der Waals surface area contributed by atoms with Crippen LogP contribution in [0.4, 0.5) is 0 Å². The monoisotopic (exact) mass is 226 g/mol. The van der Waals surface area contributed by atoms with Crippen LogP contribution in [0.3, 0.4) is 0 Å². The van der Waals surface area contributed by atoms with Gasteiger partial charge in [0, 0.05) is 35.4 Å². The highest BCUT2D eigenvalue weighted by atomic mass is 14.7. The summed E-state index contributed by atoms with van der Waals surface area (Å²) < 4.78 is 0. The van der Waals surface area contributed by atoms with Crippen molar-refractivity contribution in [2.75, 3.05) is 0 Å². The lowest BCUT2D eigenvalue weighted by atomic mass is 10.0. The van der Waals surface area contributed by atoms with Gasteiger partial charge in [-0.2, -0.15) is 0 Å². The summed E-state index contributed by atoms with van der Waals surface area (Å²) in [4.78, 5) is 8.63. The average Bonchev–Trinajstić information content (AvgIpc) is 2.29. The molecule has 0 saturated heterocycles. The van der Waals surface area contributed by atoms with Gasteiger partial charge in [-0.25, -0.2) is 0 Å². The van der Waals surface area contributed by atoms with E-state index in [2.05, 4.69) is 35.9 Å². The molecule has 0 unspecified atom stereocenters. The quantitative estimate of drug-likeness (QED) is 0.798. The first kappa shape index (κ1) is 11.8. The van der Waals surface area contributed by atoms with Gasteiger partial charge in [-0.05, 0) is 37.0 Å². The highest BCUT2D eigenvalue weighted by molar-refractivity contribution is 5.62. The van der Waals surface area contributed by atoms with Gasteiger partial charge in [0.1, 0.15) is 0 Å². The molecule has 2 heteroatoms. The van der Waals surface area contributed by atoms with Crippen molar-refractivity contribution in [3.05, 3.63) is 48.0 Å². The normalized spacial score (nSPS) is 10.8. The highest BCUT2D eigenvalue weighted by Gasteiger charge is 2.02. The van der Waals surface area contributed by atoms with Crippen molar-refractivity contribution in [3.63, 3.8) is 0 Å². The van der Waals surface area contributed by atoms with E-state index < -0.39 is 0 Å². The largest absolute Gasteiger partial charge is 0.264 e. The molecule has 88 valence electrons. The fraction of sp³-hybridized carbons (Fsp3) is 0.333. The predicted octanol–water partition coefficient (Wildman–Crippen LogP) is 3.65. The second-order valence-electron chi connectivity index (χ2n) is 4.87. The van der Waals surface area contributed by atoms with Gasteiger partial charge in [0.2, 0.25) is 0 Å². The molecule has 2 rings (SSSR count). The first-order valence-corrected chi connectivity index (χ1v) is 6.02. The Labute approximate surface area is 103 Å². The average molecular weight is 226 g/mol. The van der Waals surface area contributed by atoms with E-state index in [0.717, 1.165) is 23.2 Å². The summed E-state index contributed by atoms with van der Waals surface area (Å²) in [6, 6.07) is 6.34. The summed E-state index contributed by atoms with van der Waals surface area (Å²) in [5, 5.41) is 0. The minimum atomic E-state index is 0.656. The van der Waals surface area contributed by atoms with Crippen LogP contribution in [0.25, 0.3) is 11.1 Å². The topological polar surface area (TPSA) is 25.8 Å². The Morgan fingerprint density at radius 2 is 1.88 bits per heavy atom. The molecule has 2 aromatic rings. The van der Waals surface area contributed by atoms with Crippen LogP contribution in [0, 0.1) is 12.8 Å². The second kappa shape index (κ2) is 5.09. The Morgan fingerprint density at radius 3 is 2.53 bits per heavy atom. The van der Waals surface area contributed by atoms with E-state index in [4.69, 9.17) is 0 Å². The molecule has 0 amide bonds. The van der Waals surface area contributed by atoms with Crippen molar-refractivity contribution in [2.45, 2.75) is 27.2 Å². The second-order valence-corrected chi connectivity index (χ2v) is 4.87. The van der Waals surface area contributed by atoms with Gasteiger partial charge in [-0.15, -0.1) is 0 Å². The summed E-state index contributed by atoms with van der Waals surface area (Å²) >= 11 is 0. The molecule has 0 aromatic carbocycles. The minimum Gasteiger partial charge on any atom is -0.264 e. The van der Waals surface area contributed by atoms with Gasteiger partial charge >= 0.3 is 0 Å². The van der Waals surface area contributed by atoms with Gasteiger partial charge in [0.15, 0.2) is 0 Å². The Balaban J connectivity index is 2.29. The summed E-state index contributed by atoms with van der Waals surface area (Å²) in [5.41, 5.74) is 4.61. The van der Waals surface area contributed by atoms with Gasteiger partial charge in [-0.1, -0.05) is 19.9 Å². The lowest BCUT2D eigenvalue weighted by Crippen LogP contribution is -1.95. The molecule has 0 radical (unpaired) electrons. The summed E-state index contributed by atoms with van der Waals surface area (Å²) in [6.45, 7) is 6.44. The molecular weight excluding hydrogens is 208 g/mol. The third-order valence-electron chi connectivity index (χ3n) is 2.68. The van der Waals surface area contributed by atoms with Gasteiger partial charge in [0.05, 0.1) is 0 Å². The van der Waals surface area contributed by atoms with E-state index in [1.54, 1.807) is 0 Å². The maximum atomic E-state index is 4.32. The van der Waals surface area contributed by atoms with Crippen molar-refractivity contribution in [1.82, 2.24) is 9.97 Å². The van der Waals surface area contributed by atoms with Crippen molar-refractivity contribution in [2.24, 2.45) is 5.92 Å². The first-order valence-electron chi connectivity index (χ1n) is 6.02. The lowest BCUT2D eigenvalue weighted by molar-refractivity contribution is 0.646. The molecule has 0 saturated carbocycles. The number of rotatable bonds is 3. The molecule has 0 aliphatic carbocycles. The molecule has 17 heavy (non-hydrogen) atoms. The van der Waals surface area contributed by atoms with Crippen LogP contribution in [-0.4, -0.2) is 9.97 Å². The summed E-state index contributed by atoms with van der Waals surface area (Å²) in [7, 11) is 0. The summed E-state index contributed by atoms with van der Waals surface area (Å²) in [6.07, 6.45) is 6.83. The van der Waals surface area contributed by atoms with E-state index >= 15 is 0 Å². The third kappa shape index (κ3) is 3.13. The van der Waals surface area contributed by atoms with Gasteiger partial charge in [-0.3, -0.25) is 9.97 Å². The highest BCUT2D eigenvalue weighted by Crippen LogP contribution is 2.19. The van der Waals surface area contributed by atoms with Crippen LogP contribution in [0.1, 0.15) is 25.1 Å². The van der Waals surface area contributed by atoms with Crippen molar-refractivity contribution < 1.29 is 0 Å². The van der Waals surface area contributed by atoms with E-state index in [1.807, 2.05) is 31.6 Å². The molecule has 2 heterocycles. The Hall–Kier alpha value is -1.70. The Morgan fingerprint density at radius 1 is 1.06 bits per heavy atom. The zero-order chi connectivity index (χ0) is 12.3. The number of hydrogen-bond acceptors (Lipinski definition) is 2. The molecule has 2 nitrogen and oxygen atoms in total. The molecule has 0 aliphatic rings. The Bertz CT molecular complexity index is 487. The lowest BCUT2D eigenvalue weighted by Gasteiger charge is -2.07. The molecule has 2 aromatic heterocycles. The fourth-order valence-corrected chi connectivity index (χ4v) is 1.87. The van der Waals surface area contributed by atoms with Crippen LogP contribution in [-0.2, 0) is 6.42 Å². The Kier molecular flexibility index (Phi) is 3.52. The standard InChI is InChI=1S/C15H18N2/c1-11(2)6-13-7-15(9-16-8-13)14-5-4-12(3)17-10-14/h4-5,7-11H,6H2,1-3H3. The van der Waals surface area contributed by atoms with E-state index in [1.165, 1.54) is 5.56 Å². The number of pyridine rings is 2. The van der Waals surface area contributed by atoms with Crippen LogP contribution in [0.2, 0.25) is 0 Å². The molecule has 0 aliphatic heterocycles. The van der Waals surface area contributed by atoms with Crippen molar-refractivity contribution in [1.29, 1.82) is 0 Å². The summed E-state index contributed by atoms with van der Waals surface area (Å²) in [5.74, 6) is 0.656. The van der Waals surface area contributed by atoms with Gasteiger partial charge < -0.3 is 0 Å². The molecule has 0 bridgehead atoms. The number of aromatic nitrogens is 2. The molecule has 0 N–H and O–H groups in total. The molecular formula is C15H18N2. The predicted molar refractivity (Wildman–Crippen MR) is 70.7 cm³/mol. The first-order chi connectivity index (χ1) is 8.15. The zero-order valence-corrected chi connectivity index (χ0v) is 10.6. The molecule has 0 atom stereocenters. The molecule has 0 fully saturated rings. The maximum Gasteiger partial charge on any atom is 0.0373 e. The van der Waals surface area contributed by atoms with Crippen LogP contribution >= 0.6 is 0 Å². The van der Waals surface area contributed by atoms with E-state index in [0.29, 0.717) is 5.92 Å². The third-order valence-corrected chi connectivity index (χ3v) is 2.68. The number of aryl methyl sites for hydroxylation is 1. The van der Waals surface area contributed by atoms with Crippen LogP contribution < -0.4 is 0 Å². The van der Waals surface area contributed by atoms with Crippen LogP contribution in [0.5, 0.6) is 0 Å². The SMILES string of the molecule is Cc1ccc(-c2cncc(CC(C)C)c2)cn1. The zero-order valence-electron chi connectivity index (χ0n) is 10.6. The smallest absolute Gasteiger partial charge is 0.0373 e.